The van der Waals surface area contributed by atoms with Gasteiger partial charge in [-0.05, 0) is 110 Å². The Morgan fingerprint density at radius 2 is 2.00 bits per heavy atom. The van der Waals surface area contributed by atoms with Crippen LogP contribution in [0.15, 0.2) is 12.1 Å². The third-order valence-electron chi connectivity index (χ3n) is 8.77. The van der Waals surface area contributed by atoms with E-state index in [4.69, 9.17) is 4.74 Å². The average Bonchev–Trinajstić information content (AvgIpc) is 3.03. The molecule has 3 aliphatic carbocycles. The monoisotopic (exact) mass is 396 g/mol. The van der Waals surface area contributed by atoms with Crippen molar-refractivity contribution in [2.45, 2.75) is 97.8 Å². The van der Waals surface area contributed by atoms with Crippen molar-refractivity contribution < 1.29 is 9.53 Å². The lowest BCUT2D eigenvalue weighted by Crippen LogP contribution is -2.42. The molecule has 1 aromatic carbocycles. The largest absolute Gasteiger partial charge is 0.493 e. The second kappa shape index (κ2) is 8.44. The van der Waals surface area contributed by atoms with E-state index in [1.165, 1.54) is 50.5 Å². The molecule has 2 nitrogen and oxygen atoms in total. The van der Waals surface area contributed by atoms with Crippen LogP contribution >= 0.6 is 0 Å². The minimum Gasteiger partial charge on any atom is -0.493 e. The molecule has 0 aromatic heterocycles. The van der Waals surface area contributed by atoms with Crippen LogP contribution in [-0.4, -0.2) is 12.4 Å². The van der Waals surface area contributed by atoms with Crippen molar-refractivity contribution >= 4 is 5.78 Å². The summed E-state index contributed by atoms with van der Waals surface area (Å²) in [5.41, 5.74) is 4.98. The second-order valence-electron chi connectivity index (χ2n) is 10.4. The Balaban J connectivity index is 1.58. The number of Topliss-reactive ketones (excluding diaryl/α,β-unsaturated/α-hetero) is 1. The number of carbonyl (C=O) groups is 1. The fourth-order valence-corrected chi connectivity index (χ4v) is 7.17. The van der Waals surface area contributed by atoms with Gasteiger partial charge in [0, 0.05) is 6.42 Å². The van der Waals surface area contributed by atoms with E-state index in [1.54, 1.807) is 18.1 Å². The van der Waals surface area contributed by atoms with Crippen LogP contribution in [0.3, 0.4) is 0 Å². The van der Waals surface area contributed by atoms with Crippen LogP contribution in [0, 0.1) is 23.2 Å². The molecule has 29 heavy (non-hydrogen) atoms. The molecule has 0 saturated heterocycles. The Morgan fingerprint density at radius 3 is 2.72 bits per heavy atom. The normalized spacial score (nSPS) is 33.0. The smallest absolute Gasteiger partial charge is 0.130 e. The molecule has 0 radical (unpaired) electrons. The molecule has 3 aliphatic rings. The molecular formula is C27H40O2. The van der Waals surface area contributed by atoms with E-state index in [0.29, 0.717) is 17.1 Å². The van der Waals surface area contributed by atoms with Crippen molar-refractivity contribution in [2.75, 3.05) is 6.61 Å². The van der Waals surface area contributed by atoms with Gasteiger partial charge in [-0.3, -0.25) is 0 Å². The van der Waals surface area contributed by atoms with Gasteiger partial charge < -0.3 is 9.53 Å². The number of fused-ring (bicyclic) bond motifs is 5. The number of ketones is 1. The van der Waals surface area contributed by atoms with Gasteiger partial charge in [-0.15, -0.1) is 0 Å². The van der Waals surface area contributed by atoms with Gasteiger partial charge in [0.2, 0.25) is 0 Å². The van der Waals surface area contributed by atoms with Crippen molar-refractivity contribution in [3.63, 3.8) is 0 Å². The Hall–Kier alpha value is -1.31. The van der Waals surface area contributed by atoms with E-state index in [1.807, 2.05) is 0 Å². The summed E-state index contributed by atoms with van der Waals surface area (Å²) in [5.74, 6) is 4.49. The topological polar surface area (TPSA) is 26.3 Å². The Bertz CT molecular complexity index is 751. The summed E-state index contributed by atoms with van der Waals surface area (Å²) in [5, 5.41) is 0. The number of hydrogen-bond acceptors (Lipinski definition) is 2. The lowest BCUT2D eigenvalue weighted by Gasteiger charge is -2.51. The molecule has 1 aromatic rings. The molecule has 160 valence electrons. The third kappa shape index (κ3) is 3.77. The van der Waals surface area contributed by atoms with Gasteiger partial charge in [-0.2, -0.15) is 0 Å². The number of aryl methyl sites for hydroxylation is 2. The fourth-order valence-electron chi connectivity index (χ4n) is 7.17. The number of hydrogen-bond donors (Lipinski definition) is 0. The molecule has 2 heteroatoms. The number of carbonyl (C=O) groups excluding carboxylic acids is 1. The van der Waals surface area contributed by atoms with Crippen molar-refractivity contribution in [2.24, 2.45) is 23.2 Å². The minimum atomic E-state index is 0.385. The maximum absolute atomic E-state index is 11.8. The van der Waals surface area contributed by atoms with Crippen LogP contribution in [0.1, 0.15) is 102 Å². The lowest BCUT2D eigenvalue weighted by atomic mass is 9.54. The average molecular weight is 397 g/mol. The van der Waals surface area contributed by atoms with Crippen molar-refractivity contribution in [1.29, 1.82) is 0 Å². The zero-order valence-electron chi connectivity index (χ0n) is 19.1. The minimum absolute atomic E-state index is 0.385. The maximum Gasteiger partial charge on any atom is 0.130 e. The first-order valence-electron chi connectivity index (χ1n) is 12.3. The van der Waals surface area contributed by atoms with E-state index in [2.05, 4.69) is 32.9 Å². The maximum atomic E-state index is 11.8. The standard InChI is InChI=1S/C27H40O2/c1-5-7-14-29-26-17-20-8-10-23-22(24(20)16-19(26)6-2)12-13-27(4)21(15-18(3)28)9-11-25(23)27/h16-17,21-23,25H,5-15H2,1-4H3/t21-,22?,23?,25?,27-/m1/s1. The molecule has 2 saturated carbocycles. The van der Waals surface area contributed by atoms with Gasteiger partial charge in [-0.1, -0.05) is 33.3 Å². The van der Waals surface area contributed by atoms with E-state index in [0.717, 1.165) is 49.4 Å². The van der Waals surface area contributed by atoms with Gasteiger partial charge >= 0.3 is 0 Å². The van der Waals surface area contributed by atoms with E-state index in [9.17, 15) is 4.79 Å². The molecule has 3 unspecified atom stereocenters. The van der Waals surface area contributed by atoms with Crippen LogP contribution in [-0.2, 0) is 17.6 Å². The van der Waals surface area contributed by atoms with Crippen LogP contribution in [0.4, 0.5) is 0 Å². The molecule has 2 fully saturated rings. The van der Waals surface area contributed by atoms with Gasteiger partial charge in [0.15, 0.2) is 0 Å². The predicted molar refractivity (Wildman–Crippen MR) is 120 cm³/mol. The van der Waals surface area contributed by atoms with Crippen LogP contribution in [0.5, 0.6) is 5.75 Å². The Labute approximate surface area is 177 Å². The highest BCUT2D eigenvalue weighted by Gasteiger charge is 2.54. The van der Waals surface area contributed by atoms with Crippen LogP contribution in [0.2, 0.25) is 0 Å². The third-order valence-corrected chi connectivity index (χ3v) is 8.77. The van der Waals surface area contributed by atoms with E-state index >= 15 is 0 Å². The summed E-state index contributed by atoms with van der Waals surface area (Å²) in [7, 11) is 0. The highest BCUT2D eigenvalue weighted by atomic mass is 16.5. The summed E-state index contributed by atoms with van der Waals surface area (Å²) in [6.07, 6.45) is 11.9. The second-order valence-corrected chi connectivity index (χ2v) is 10.4. The highest BCUT2D eigenvalue weighted by Crippen LogP contribution is 2.63. The zero-order chi connectivity index (χ0) is 20.6. The molecule has 5 atom stereocenters. The zero-order valence-corrected chi connectivity index (χ0v) is 19.1. The van der Waals surface area contributed by atoms with Gasteiger partial charge in [-0.25, -0.2) is 0 Å². The molecule has 4 rings (SSSR count). The van der Waals surface area contributed by atoms with Gasteiger partial charge in [0.25, 0.3) is 0 Å². The fraction of sp³-hybridized carbons (Fsp3) is 0.741. The van der Waals surface area contributed by atoms with Crippen molar-refractivity contribution in [1.82, 2.24) is 0 Å². The first-order chi connectivity index (χ1) is 14.0. The number of ether oxygens (including phenoxy) is 1. The Kier molecular flexibility index (Phi) is 6.09. The summed E-state index contributed by atoms with van der Waals surface area (Å²) in [6.45, 7) is 9.62. The van der Waals surface area contributed by atoms with Gasteiger partial charge in [0.1, 0.15) is 11.5 Å². The number of rotatable bonds is 7. The van der Waals surface area contributed by atoms with Crippen LogP contribution < -0.4 is 4.74 Å². The first-order valence-corrected chi connectivity index (χ1v) is 12.3. The number of benzene rings is 1. The van der Waals surface area contributed by atoms with Crippen molar-refractivity contribution in [3.05, 3.63) is 28.8 Å². The summed E-state index contributed by atoms with van der Waals surface area (Å²) in [4.78, 5) is 11.8. The quantitative estimate of drug-likeness (QED) is 0.470. The van der Waals surface area contributed by atoms with Crippen LogP contribution in [0.25, 0.3) is 0 Å². The SMILES string of the molecule is CCCCOc1cc2c(cc1CC)C1CC[C@@]3(C)C(CC[C@@H]3CC(C)=O)C1CC2. The molecule has 0 aliphatic heterocycles. The summed E-state index contributed by atoms with van der Waals surface area (Å²) >= 11 is 0. The first kappa shape index (κ1) is 20.9. The van der Waals surface area contributed by atoms with E-state index < -0.39 is 0 Å². The highest BCUT2D eigenvalue weighted by molar-refractivity contribution is 5.75. The predicted octanol–water partition coefficient (Wildman–Crippen LogP) is 6.88. The lowest BCUT2D eigenvalue weighted by molar-refractivity contribution is -0.119. The molecule has 0 heterocycles. The molecule has 0 N–H and O–H groups in total. The Morgan fingerprint density at radius 1 is 1.17 bits per heavy atom. The summed E-state index contributed by atoms with van der Waals surface area (Å²) in [6, 6.07) is 4.90. The molecule has 0 bridgehead atoms. The van der Waals surface area contributed by atoms with Gasteiger partial charge in [0.05, 0.1) is 6.61 Å². The number of unbranched alkanes of at least 4 members (excludes halogenated alkanes) is 1. The summed E-state index contributed by atoms with van der Waals surface area (Å²) < 4.78 is 6.18. The molecular weight excluding hydrogens is 356 g/mol. The molecule has 0 spiro atoms. The molecule has 0 amide bonds. The van der Waals surface area contributed by atoms with E-state index in [-0.39, 0.29) is 0 Å². The van der Waals surface area contributed by atoms with Crippen molar-refractivity contribution in [3.8, 4) is 5.75 Å².